The Morgan fingerprint density at radius 1 is 0.426 bits per heavy atom. The lowest BCUT2D eigenvalue weighted by atomic mass is 9.47. The van der Waals surface area contributed by atoms with Gasteiger partial charge in [0.05, 0.1) is 58.2 Å². The number of fused-ring (bicyclic) bond motifs is 15. The molecule has 506 valence electrons. The van der Waals surface area contributed by atoms with Crippen molar-refractivity contribution in [2.45, 2.75) is 263 Å². The van der Waals surface area contributed by atoms with Crippen molar-refractivity contribution in [2.75, 3.05) is 0 Å². The van der Waals surface area contributed by atoms with E-state index in [1.165, 1.54) is 58.1 Å². The van der Waals surface area contributed by atoms with E-state index >= 15 is 4.39 Å². The van der Waals surface area contributed by atoms with Crippen LogP contribution in [0.2, 0.25) is 0 Å². The predicted molar refractivity (Wildman–Crippen MR) is 346 cm³/mol. The second kappa shape index (κ2) is 24.4. The SMILES string of the molecule is C[C@@]1(O)CC[C@H]2[C@H](CC[C@@H]3[C@@H]2CC[C@@]2(C)[C@H]3CC[C@]2(C#N)C(=O)Cn2cc(C#N)cn2)C1.C[C@@]1(O)CC[C@H]2[C@H](CC[C@@H]3[C@@H]2CC[C@@]2(C)[C@H]3CC[C@]2(F)C(=O)Cn2cc(C#N)cn2)C1.C[C@@]1(O)CC[C@H]2[C@H](CC[C@@H]3[C@@H]2CC[C@@]2(C)[C@H]3CC[C@]2(O)C(=O)Cn2cc(C#N)cn2)C1. The zero-order valence-electron chi connectivity index (χ0n) is 56.7. The number of nitrogens with zero attached hydrogens (tertiary/aromatic N) is 10. The van der Waals surface area contributed by atoms with Gasteiger partial charge in [0, 0.05) is 29.4 Å². The average molecular weight is 1290 g/mol. The molecule has 3 aromatic rings. The highest BCUT2D eigenvalue weighted by Gasteiger charge is 2.69. The summed E-state index contributed by atoms with van der Waals surface area (Å²) in [5, 5.41) is 93.3. The number of carbonyl (C=O) groups excluding carboxylic acids is 3. The van der Waals surface area contributed by atoms with Crippen LogP contribution in [0.1, 0.15) is 232 Å². The lowest BCUT2D eigenvalue weighted by molar-refractivity contribution is -0.165. The molecule has 12 saturated carbocycles. The number of hydrogen-bond acceptors (Lipinski definition) is 14. The van der Waals surface area contributed by atoms with Crippen molar-refractivity contribution >= 4 is 17.3 Å². The summed E-state index contributed by atoms with van der Waals surface area (Å²) in [4.78, 5) is 40.1. The van der Waals surface area contributed by atoms with Crippen LogP contribution in [0.15, 0.2) is 37.2 Å². The minimum absolute atomic E-state index is 0.0222. The molecule has 0 unspecified atom stereocenters. The Morgan fingerprint density at radius 3 is 1.19 bits per heavy atom. The van der Waals surface area contributed by atoms with E-state index in [0.717, 1.165) is 135 Å². The summed E-state index contributed by atoms with van der Waals surface area (Å²) in [7, 11) is 0. The summed E-state index contributed by atoms with van der Waals surface area (Å²) >= 11 is 0. The average Bonchev–Trinajstić information content (AvgIpc) is 1.54. The highest BCUT2D eigenvalue weighted by Crippen LogP contribution is 2.71. The van der Waals surface area contributed by atoms with Crippen LogP contribution in [0.25, 0.3) is 0 Å². The molecule has 15 rings (SSSR count). The maximum Gasteiger partial charge on any atom is 0.191 e. The predicted octanol–water partition coefficient (Wildman–Crippen LogP) is 12.1. The van der Waals surface area contributed by atoms with Crippen molar-refractivity contribution in [1.82, 2.24) is 29.3 Å². The first-order chi connectivity index (χ1) is 44.6. The van der Waals surface area contributed by atoms with E-state index < -0.39 is 38.9 Å². The van der Waals surface area contributed by atoms with Crippen LogP contribution in [0.5, 0.6) is 0 Å². The molecule has 18 heteroatoms. The first-order valence-corrected chi connectivity index (χ1v) is 36.4. The van der Waals surface area contributed by atoms with Gasteiger partial charge in [-0.1, -0.05) is 20.8 Å². The normalized spacial score (nSPS) is 46.0. The van der Waals surface area contributed by atoms with E-state index in [2.05, 4.69) is 35.2 Å². The quantitative estimate of drug-likeness (QED) is 0.155. The van der Waals surface area contributed by atoms with Gasteiger partial charge in [-0.2, -0.15) is 36.3 Å². The van der Waals surface area contributed by atoms with Crippen LogP contribution in [0.3, 0.4) is 0 Å². The summed E-state index contributed by atoms with van der Waals surface area (Å²) in [5.74, 6) is 8.03. The van der Waals surface area contributed by atoms with Crippen LogP contribution >= 0.6 is 0 Å². The molecule has 0 aromatic carbocycles. The van der Waals surface area contributed by atoms with Crippen LogP contribution in [-0.2, 0) is 34.0 Å². The van der Waals surface area contributed by atoms with Gasteiger partial charge in [0.2, 0.25) is 0 Å². The molecule has 0 amide bonds. The molecule has 0 bridgehead atoms. The van der Waals surface area contributed by atoms with Gasteiger partial charge in [-0.3, -0.25) is 28.4 Å². The first-order valence-electron chi connectivity index (χ1n) is 36.4. The van der Waals surface area contributed by atoms with Crippen molar-refractivity contribution in [1.29, 1.82) is 21.0 Å². The van der Waals surface area contributed by atoms with Gasteiger partial charge in [-0.05, 0) is 288 Å². The molecule has 24 atom stereocenters. The Bertz CT molecular complexity index is 3410. The third-order valence-electron chi connectivity index (χ3n) is 29.9. The number of carbonyl (C=O) groups is 3. The van der Waals surface area contributed by atoms with E-state index in [1.54, 1.807) is 12.4 Å². The molecule has 0 saturated heterocycles. The Labute approximate surface area is 555 Å². The Balaban J connectivity index is 0.000000128. The number of Topliss-reactive ketones (excluding diaryl/α,β-unsaturated/α-hetero) is 3. The zero-order valence-corrected chi connectivity index (χ0v) is 56.7. The maximum atomic E-state index is 16.5. The smallest absolute Gasteiger partial charge is 0.191 e. The molecule has 4 N–H and O–H groups in total. The molecule has 3 aromatic heterocycles. The summed E-state index contributed by atoms with van der Waals surface area (Å²) in [6.45, 7) is 12.3. The summed E-state index contributed by atoms with van der Waals surface area (Å²) < 4.78 is 20.9. The molecular formula is C76H103FN10O7. The molecule has 0 spiro atoms. The molecule has 0 radical (unpaired) electrons. The summed E-state index contributed by atoms with van der Waals surface area (Å²) in [5.41, 5.74) is -5.66. The highest BCUT2D eigenvalue weighted by molar-refractivity contribution is 5.90. The molecule has 12 fully saturated rings. The minimum atomic E-state index is -1.81. The van der Waals surface area contributed by atoms with Gasteiger partial charge in [0.25, 0.3) is 0 Å². The number of aromatic nitrogens is 6. The summed E-state index contributed by atoms with van der Waals surface area (Å²) in [6.07, 6.45) is 34.6. The molecular weight excluding hydrogens is 1180 g/mol. The Kier molecular flexibility index (Phi) is 17.4. The van der Waals surface area contributed by atoms with E-state index in [1.807, 2.05) is 45.9 Å². The lowest BCUT2D eigenvalue weighted by Gasteiger charge is -2.57. The Hall–Kier alpha value is -5.63. The number of hydrogen-bond donors (Lipinski definition) is 4. The maximum absolute atomic E-state index is 16.5. The van der Waals surface area contributed by atoms with Crippen LogP contribution in [-0.4, -0.2) is 95.2 Å². The van der Waals surface area contributed by atoms with Crippen LogP contribution in [0, 0.1) is 156 Å². The fourth-order valence-corrected chi connectivity index (χ4v) is 25.3. The second-order valence-electron chi connectivity index (χ2n) is 34.6. The largest absolute Gasteiger partial charge is 0.390 e. The van der Waals surface area contributed by atoms with E-state index in [-0.39, 0.29) is 53.7 Å². The zero-order chi connectivity index (χ0) is 66.8. The highest BCUT2D eigenvalue weighted by atomic mass is 19.1. The lowest BCUT2D eigenvalue weighted by Crippen LogP contribution is -2.57. The van der Waals surface area contributed by atoms with Gasteiger partial charge in [0.1, 0.15) is 48.9 Å². The van der Waals surface area contributed by atoms with Gasteiger partial charge in [-0.25, -0.2) is 4.39 Å². The van der Waals surface area contributed by atoms with Crippen LogP contribution in [0.4, 0.5) is 4.39 Å². The van der Waals surface area contributed by atoms with Crippen molar-refractivity contribution in [3.05, 3.63) is 53.9 Å². The minimum Gasteiger partial charge on any atom is -0.390 e. The van der Waals surface area contributed by atoms with Crippen molar-refractivity contribution in [3.8, 4) is 24.3 Å². The molecule has 12 aliphatic rings. The fraction of sp³-hybridized carbons (Fsp3) is 0.789. The van der Waals surface area contributed by atoms with Crippen molar-refractivity contribution < 1.29 is 39.2 Å². The van der Waals surface area contributed by atoms with E-state index in [9.17, 15) is 40.1 Å². The van der Waals surface area contributed by atoms with Crippen molar-refractivity contribution in [3.63, 3.8) is 0 Å². The van der Waals surface area contributed by atoms with Gasteiger partial charge in [-0.15, -0.1) is 0 Å². The number of nitriles is 4. The second-order valence-corrected chi connectivity index (χ2v) is 34.6. The number of ketones is 3. The number of aliphatic hydroxyl groups is 4. The van der Waals surface area contributed by atoms with Gasteiger partial charge in [0.15, 0.2) is 23.0 Å². The number of halogens is 1. The monoisotopic (exact) mass is 1290 g/mol. The van der Waals surface area contributed by atoms with Crippen LogP contribution < -0.4 is 0 Å². The van der Waals surface area contributed by atoms with E-state index in [0.29, 0.717) is 119 Å². The number of alkyl halides is 1. The van der Waals surface area contributed by atoms with E-state index in [4.69, 9.17) is 15.8 Å². The molecule has 94 heavy (non-hydrogen) atoms. The topological polar surface area (TPSA) is 281 Å². The summed E-state index contributed by atoms with van der Waals surface area (Å²) in [6, 6.07) is 8.63. The fourth-order valence-electron chi connectivity index (χ4n) is 25.3. The molecule has 17 nitrogen and oxygen atoms in total. The molecule has 12 aliphatic carbocycles. The molecule has 0 aliphatic heterocycles. The van der Waals surface area contributed by atoms with Gasteiger partial charge >= 0.3 is 0 Å². The molecule has 3 heterocycles. The Morgan fingerprint density at radius 2 is 0.777 bits per heavy atom. The number of rotatable bonds is 9. The third-order valence-corrected chi connectivity index (χ3v) is 29.9. The third kappa shape index (κ3) is 11.2. The van der Waals surface area contributed by atoms with Gasteiger partial charge < -0.3 is 20.4 Å². The van der Waals surface area contributed by atoms with Crippen molar-refractivity contribution in [2.24, 2.45) is 110 Å². The standard InChI is InChI=1S/C26H34N4O2.C25H34FN3O2.C25H35N3O3/c1-24(32)8-5-19-18(11-24)3-4-21-20(19)6-9-25(2)22(21)7-10-26(25,16-28)23(31)15-30-14-17(12-27)13-29-30;1-23(31)8-5-18-17(11-23)3-4-20-19(18)6-9-24(2)21(20)7-10-25(24,26)22(30)15-29-14-16(12-27)13-28-29;1-23(30)8-5-18-17(11-23)3-4-20-19(18)6-9-24(2)21(20)7-10-25(24,31)22(29)15-28-14-16(12-26)13-27-28/h13-14,18-22,32H,3-11,15H2,1-2H3;13-14,17-21,31H,3-11,15H2,1-2H3;13-14,17-21,30-31H,3-11,15H2,1-2H3/t18-,19+,20-,21-,22+,24-,25+,26+;2*17-,18+,19-,20-,21+,23-,24+,25+/m111/s1. The first kappa shape index (κ1) is 67.0.